The van der Waals surface area contributed by atoms with Gasteiger partial charge >= 0.3 is 0 Å². The van der Waals surface area contributed by atoms with Gasteiger partial charge in [-0.3, -0.25) is 9.59 Å². The van der Waals surface area contributed by atoms with Crippen LogP contribution in [0.2, 0.25) is 5.02 Å². The standard InChI is InChI=1S/C30H31ClFNO4/c1-3-14-33-22-10-6-12-24(34)28(22)27(29-23(33)11-7-13-25(29)35)19-15-20(31)30(26(16-19)36-2)37-17-18-8-4-5-9-21(18)32/h4-5,8-9,15-16,27H,3,6-7,10-14,17H2,1-2H3. The third kappa shape index (κ3) is 4.68. The van der Waals surface area contributed by atoms with Crippen LogP contribution in [0.5, 0.6) is 11.5 Å². The van der Waals surface area contributed by atoms with Crippen molar-refractivity contribution >= 4 is 23.2 Å². The van der Waals surface area contributed by atoms with Crippen LogP contribution in [0.15, 0.2) is 58.9 Å². The molecule has 37 heavy (non-hydrogen) atoms. The van der Waals surface area contributed by atoms with E-state index >= 15 is 0 Å². The summed E-state index contributed by atoms with van der Waals surface area (Å²) in [6, 6.07) is 9.97. The van der Waals surface area contributed by atoms with Gasteiger partial charge in [-0.25, -0.2) is 4.39 Å². The summed E-state index contributed by atoms with van der Waals surface area (Å²) in [6.45, 7) is 2.89. The second-order valence-electron chi connectivity index (χ2n) is 9.77. The highest BCUT2D eigenvalue weighted by Gasteiger charge is 2.43. The molecule has 0 N–H and O–H groups in total. The van der Waals surface area contributed by atoms with E-state index in [1.54, 1.807) is 24.3 Å². The summed E-state index contributed by atoms with van der Waals surface area (Å²) in [5.41, 5.74) is 4.66. The molecule has 0 bridgehead atoms. The average Bonchev–Trinajstić information content (AvgIpc) is 2.89. The minimum Gasteiger partial charge on any atom is -0.493 e. The van der Waals surface area contributed by atoms with E-state index in [1.165, 1.54) is 13.2 Å². The van der Waals surface area contributed by atoms with Crippen molar-refractivity contribution in [3.63, 3.8) is 0 Å². The van der Waals surface area contributed by atoms with E-state index in [9.17, 15) is 14.0 Å². The average molecular weight is 524 g/mol. The predicted octanol–water partition coefficient (Wildman–Crippen LogP) is 6.89. The van der Waals surface area contributed by atoms with E-state index in [0.717, 1.165) is 55.6 Å². The van der Waals surface area contributed by atoms with Gasteiger partial charge in [-0.15, -0.1) is 0 Å². The molecule has 0 saturated heterocycles. The van der Waals surface area contributed by atoms with E-state index in [0.29, 0.717) is 41.1 Å². The summed E-state index contributed by atoms with van der Waals surface area (Å²) in [4.78, 5) is 29.0. The number of rotatable bonds is 7. The monoisotopic (exact) mass is 523 g/mol. The minimum atomic E-state index is -0.481. The fraction of sp³-hybridized carbons (Fsp3) is 0.400. The number of carbonyl (C=O) groups excluding carboxylic acids is 2. The molecule has 5 nitrogen and oxygen atoms in total. The Morgan fingerprint density at radius 1 is 1.00 bits per heavy atom. The molecular weight excluding hydrogens is 493 g/mol. The van der Waals surface area contributed by atoms with Crippen molar-refractivity contribution < 1.29 is 23.5 Å². The zero-order valence-corrected chi connectivity index (χ0v) is 22.0. The molecule has 1 aliphatic heterocycles. The van der Waals surface area contributed by atoms with Crippen LogP contribution in [0.25, 0.3) is 0 Å². The van der Waals surface area contributed by atoms with Gasteiger partial charge in [0.05, 0.1) is 12.1 Å². The second kappa shape index (κ2) is 10.7. The van der Waals surface area contributed by atoms with E-state index in [4.69, 9.17) is 21.1 Å². The van der Waals surface area contributed by atoms with Gasteiger partial charge in [-0.05, 0) is 55.9 Å². The number of carbonyl (C=O) groups is 2. The Balaban J connectivity index is 1.60. The molecule has 7 heteroatoms. The number of ether oxygens (including phenoxy) is 2. The SMILES string of the molecule is CCCN1C2=C(C(=O)CCC2)C(c2cc(Cl)c(OCc3ccccc3F)c(OC)c2)C2=C1CCCC2=O. The number of hydrogen-bond donors (Lipinski definition) is 0. The number of Topliss-reactive ketones (excluding diaryl/α,β-unsaturated/α-hetero) is 2. The van der Waals surface area contributed by atoms with Crippen molar-refractivity contribution in [1.29, 1.82) is 0 Å². The Morgan fingerprint density at radius 2 is 1.65 bits per heavy atom. The molecule has 0 aromatic heterocycles. The molecule has 0 saturated carbocycles. The van der Waals surface area contributed by atoms with Gasteiger partial charge in [0.2, 0.25) is 0 Å². The van der Waals surface area contributed by atoms with E-state index in [2.05, 4.69) is 11.8 Å². The fourth-order valence-corrected chi connectivity index (χ4v) is 6.13. The molecule has 0 unspecified atom stereocenters. The first kappa shape index (κ1) is 25.5. The maximum Gasteiger partial charge on any atom is 0.180 e. The van der Waals surface area contributed by atoms with Gasteiger partial charge in [0.15, 0.2) is 23.1 Å². The number of hydrogen-bond acceptors (Lipinski definition) is 5. The summed E-state index contributed by atoms with van der Waals surface area (Å²) in [7, 11) is 1.52. The van der Waals surface area contributed by atoms with Gasteiger partial charge in [0.1, 0.15) is 12.4 Å². The fourth-order valence-electron chi connectivity index (χ4n) is 5.86. The molecule has 0 radical (unpaired) electrons. The molecule has 3 aliphatic rings. The molecule has 2 aromatic carbocycles. The van der Waals surface area contributed by atoms with Crippen molar-refractivity contribution in [3.05, 3.63) is 80.9 Å². The van der Waals surface area contributed by atoms with Crippen molar-refractivity contribution in [3.8, 4) is 11.5 Å². The molecule has 0 fully saturated rings. The highest BCUT2D eigenvalue weighted by atomic mass is 35.5. The van der Waals surface area contributed by atoms with Crippen LogP contribution in [0.4, 0.5) is 4.39 Å². The molecular formula is C30H31ClFNO4. The van der Waals surface area contributed by atoms with Crippen molar-refractivity contribution in [2.75, 3.05) is 13.7 Å². The van der Waals surface area contributed by atoms with Crippen LogP contribution in [-0.4, -0.2) is 30.1 Å². The summed E-state index contributed by atoms with van der Waals surface area (Å²) < 4.78 is 25.7. The predicted molar refractivity (Wildman–Crippen MR) is 140 cm³/mol. The lowest BCUT2D eigenvalue weighted by Gasteiger charge is -2.44. The second-order valence-corrected chi connectivity index (χ2v) is 10.2. The lowest BCUT2D eigenvalue weighted by Crippen LogP contribution is -2.39. The zero-order chi connectivity index (χ0) is 26.1. The number of methoxy groups -OCH3 is 1. The van der Waals surface area contributed by atoms with E-state index in [-0.39, 0.29) is 29.0 Å². The van der Waals surface area contributed by atoms with Crippen molar-refractivity contribution in [2.45, 2.75) is 64.4 Å². The topological polar surface area (TPSA) is 55.8 Å². The first-order valence-corrected chi connectivity index (χ1v) is 13.4. The lowest BCUT2D eigenvalue weighted by atomic mass is 9.71. The quantitative estimate of drug-likeness (QED) is 0.395. The smallest absolute Gasteiger partial charge is 0.180 e. The molecule has 0 atom stereocenters. The molecule has 1 heterocycles. The van der Waals surface area contributed by atoms with Gasteiger partial charge in [-0.2, -0.15) is 0 Å². The molecule has 0 amide bonds. The first-order valence-electron chi connectivity index (χ1n) is 13.0. The number of nitrogens with zero attached hydrogens (tertiary/aromatic N) is 1. The van der Waals surface area contributed by atoms with E-state index in [1.807, 2.05) is 6.07 Å². The summed E-state index contributed by atoms with van der Waals surface area (Å²) in [5, 5.41) is 0.289. The zero-order valence-electron chi connectivity index (χ0n) is 21.2. The Labute approximate surface area is 221 Å². The lowest BCUT2D eigenvalue weighted by molar-refractivity contribution is -0.117. The maximum atomic E-state index is 14.1. The summed E-state index contributed by atoms with van der Waals surface area (Å²) in [5.74, 6) is 0.0161. The van der Waals surface area contributed by atoms with Crippen LogP contribution >= 0.6 is 11.6 Å². The Hall–Kier alpha value is -3.12. The Bertz CT molecular complexity index is 1270. The van der Waals surface area contributed by atoms with Crippen LogP contribution < -0.4 is 9.47 Å². The van der Waals surface area contributed by atoms with Crippen molar-refractivity contribution in [1.82, 2.24) is 4.90 Å². The van der Waals surface area contributed by atoms with Gasteiger partial charge < -0.3 is 14.4 Å². The first-order chi connectivity index (χ1) is 17.9. The molecule has 2 aliphatic carbocycles. The summed E-state index contributed by atoms with van der Waals surface area (Å²) in [6.07, 6.45) is 5.13. The normalized spacial score (nSPS) is 18.2. The number of halogens is 2. The summed E-state index contributed by atoms with van der Waals surface area (Å²) >= 11 is 6.73. The Morgan fingerprint density at radius 3 is 2.24 bits per heavy atom. The molecule has 0 spiro atoms. The van der Waals surface area contributed by atoms with Crippen molar-refractivity contribution in [2.24, 2.45) is 0 Å². The van der Waals surface area contributed by atoms with Crippen LogP contribution in [0.1, 0.15) is 68.9 Å². The molecule has 194 valence electrons. The van der Waals surface area contributed by atoms with Crippen LogP contribution in [0, 0.1) is 5.82 Å². The maximum absolute atomic E-state index is 14.1. The largest absolute Gasteiger partial charge is 0.493 e. The van der Waals surface area contributed by atoms with Crippen LogP contribution in [-0.2, 0) is 16.2 Å². The third-order valence-electron chi connectivity index (χ3n) is 7.45. The highest BCUT2D eigenvalue weighted by Crippen LogP contribution is 2.51. The minimum absolute atomic E-state index is 0.0148. The van der Waals surface area contributed by atoms with Gasteiger partial charge in [-0.1, -0.05) is 36.7 Å². The van der Waals surface area contributed by atoms with Gasteiger partial charge in [0.25, 0.3) is 0 Å². The third-order valence-corrected chi connectivity index (χ3v) is 7.73. The van der Waals surface area contributed by atoms with Crippen LogP contribution in [0.3, 0.4) is 0 Å². The molecule has 2 aromatic rings. The number of benzene rings is 2. The molecule has 5 rings (SSSR count). The highest BCUT2D eigenvalue weighted by molar-refractivity contribution is 6.32. The number of ketones is 2. The number of allylic oxidation sites excluding steroid dienone is 4. The van der Waals surface area contributed by atoms with E-state index < -0.39 is 5.92 Å². The Kier molecular flexibility index (Phi) is 7.38. The van der Waals surface area contributed by atoms with Gasteiger partial charge in [0, 0.05) is 53.4 Å².